The predicted octanol–water partition coefficient (Wildman–Crippen LogP) is 1.50. The lowest BCUT2D eigenvalue weighted by Gasteiger charge is -2.22. The van der Waals surface area contributed by atoms with Crippen LogP contribution in [0, 0.1) is 5.41 Å². The van der Waals surface area contributed by atoms with Crippen molar-refractivity contribution in [3.05, 3.63) is 24.3 Å². The van der Waals surface area contributed by atoms with Gasteiger partial charge in [0.1, 0.15) is 0 Å². The van der Waals surface area contributed by atoms with Crippen LogP contribution in [-0.4, -0.2) is 11.7 Å². The van der Waals surface area contributed by atoms with E-state index in [1.54, 1.807) is 0 Å². The highest BCUT2D eigenvalue weighted by Gasteiger charge is 2.18. The van der Waals surface area contributed by atoms with E-state index in [2.05, 4.69) is 6.08 Å². The molecule has 1 N–H and O–H groups in total. The Balaban J connectivity index is 2.63. The number of hydrogen-bond donors (Lipinski definition) is 1. The molecule has 1 nitrogen and oxygen atoms in total. The van der Waals surface area contributed by atoms with Gasteiger partial charge in [0.15, 0.2) is 0 Å². The Hall–Kier alpha value is -0.560. The Labute approximate surface area is 55.7 Å². The van der Waals surface area contributed by atoms with E-state index in [-0.39, 0.29) is 12.0 Å². The van der Waals surface area contributed by atoms with Crippen molar-refractivity contribution in [1.82, 2.24) is 0 Å². The summed E-state index contributed by atoms with van der Waals surface area (Å²) >= 11 is 0. The van der Waals surface area contributed by atoms with Gasteiger partial charge in [-0.2, -0.15) is 0 Å². The van der Waals surface area contributed by atoms with Crippen LogP contribution in [0.4, 0.5) is 0 Å². The second-order valence-electron chi connectivity index (χ2n) is 2.80. The number of hydrogen-bond acceptors (Lipinski definition) is 1. The normalized spacial score (nSPS) is 33.1. The molecule has 0 radical (unpaired) electrons. The number of rotatable bonds is 1. The van der Waals surface area contributed by atoms with Crippen LogP contribution >= 0.6 is 0 Å². The van der Waals surface area contributed by atoms with E-state index in [1.165, 1.54) is 0 Å². The van der Waals surface area contributed by atoms with Crippen molar-refractivity contribution >= 4 is 0 Å². The van der Waals surface area contributed by atoms with E-state index in [4.69, 9.17) is 5.11 Å². The Morgan fingerprint density at radius 3 is 2.67 bits per heavy atom. The molecule has 0 amide bonds. The van der Waals surface area contributed by atoms with E-state index in [9.17, 15) is 0 Å². The van der Waals surface area contributed by atoms with Gasteiger partial charge in [-0.15, -0.1) is 0 Å². The lowest BCUT2D eigenvalue weighted by atomic mass is 9.85. The highest BCUT2D eigenvalue weighted by atomic mass is 16.3. The van der Waals surface area contributed by atoms with Gasteiger partial charge in [-0.1, -0.05) is 31.2 Å². The summed E-state index contributed by atoms with van der Waals surface area (Å²) in [5.74, 6) is 0. The minimum atomic E-state index is 0.00868. The fraction of sp³-hybridized carbons (Fsp3) is 0.500. The van der Waals surface area contributed by atoms with Crippen molar-refractivity contribution in [2.75, 3.05) is 6.61 Å². The molecule has 1 unspecified atom stereocenters. The van der Waals surface area contributed by atoms with Crippen molar-refractivity contribution in [2.45, 2.75) is 13.3 Å². The lowest BCUT2D eigenvalue weighted by molar-refractivity contribution is 0.185. The van der Waals surface area contributed by atoms with Crippen molar-refractivity contribution in [2.24, 2.45) is 5.41 Å². The van der Waals surface area contributed by atoms with Crippen molar-refractivity contribution in [3.8, 4) is 0 Å². The Morgan fingerprint density at radius 2 is 2.33 bits per heavy atom. The maximum Gasteiger partial charge on any atom is 0.0522 e. The molecule has 0 spiro atoms. The fourth-order valence-electron chi connectivity index (χ4n) is 0.889. The van der Waals surface area contributed by atoms with Gasteiger partial charge in [0.05, 0.1) is 6.61 Å². The van der Waals surface area contributed by atoms with Crippen LogP contribution < -0.4 is 0 Å². The van der Waals surface area contributed by atoms with Crippen LogP contribution in [0.2, 0.25) is 0 Å². The maximum atomic E-state index is 8.87. The number of allylic oxidation sites excluding steroid dienone is 3. The molecular weight excluding hydrogens is 112 g/mol. The molecule has 0 aliphatic heterocycles. The molecule has 0 saturated heterocycles. The van der Waals surface area contributed by atoms with E-state index < -0.39 is 0 Å². The molecular formula is C8H12O. The first-order chi connectivity index (χ1) is 4.27. The number of aliphatic hydroxyl groups excluding tert-OH is 1. The summed E-state index contributed by atoms with van der Waals surface area (Å²) in [6.45, 7) is 2.29. The molecule has 9 heavy (non-hydrogen) atoms. The zero-order valence-electron chi connectivity index (χ0n) is 5.67. The first-order valence-corrected chi connectivity index (χ1v) is 3.22. The molecule has 1 atom stereocenters. The van der Waals surface area contributed by atoms with E-state index in [0.717, 1.165) is 6.42 Å². The molecule has 0 aromatic rings. The van der Waals surface area contributed by atoms with E-state index in [1.807, 2.05) is 25.2 Å². The Morgan fingerprint density at radius 1 is 1.56 bits per heavy atom. The van der Waals surface area contributed by atoms with Crippen LogP contribution in [-0.2, 0) is 0 Å². The van der Waals surface area contributed by atoms with Gasteiger partial charge in [-0.3, -0.25) is 0 Å². The van der Waals surface area contributed by atoms with Gasteiger partial charge in [-0.05, 0) is 6.42 Å². The minimum Gasteiger partial charge on any atom is -0.395 e. The van der Waals surface area contributed by atoms with Gasteiger partial charge in [0, 0.05) is 5.41 Å². The molecule has 0 heterocycles. The van der Waals surface area contributed by atoms with E-state index >= 15 is 0 Å². The van der Waals surface area contributed by atoms with Crippen LogP contribution in [0.25, 0.3) is 0 Å². The first kappa shape index (κ1) is 6.56. The standard InChI is InChI=1S/C8H12O/c1-8(7-9)5-3-2-4-6-8/h2-5,9H,6-7H2,1H3. The molecule has 0 saturated carbocycles. The molecule has 0 aromatic heterocycles. The van der Waals surface area contributed by atoms with Crippen molar-refractivity contribution in [1.29, 1.82) is 0 Å². The SMILES string of the molecule is CC1(CO)C=CC=CC1. The Kier molecular flexibility index (Phi) is 1.72. The highest BCUT2D eigenvalue weighted by molar-refractivity contribution is 5.15. The monoisotopic (exact) mass is 124 g/mol. The summed E-state index contributed by atoms with van der Waals surface area (Å²) in [7, 11) is 0. The minimum absolute atomic E-state index is 0.00868. The molecule has 0 aromatic carbocycles. The lowest BCUT2D eigenvalue weighted by Crippen LogP contribution is -2.18. The predicted molar refractivity (Wildman–Crippen MR) is 38.1 cm³/mol. The maximum absolute atomic E-state index is 8.87. The quantitative estimate of drug-likeness (QED) is 0.561. The largest absolute Gasteiger partial charge is 0.395 e. The summed E-state index contributed by atoms with van der Waals surface area (Å²) in [4.78, 5) is 0. The number of aliphatic hydroxyl groups is 1. The average molecular weight is 124 g/mol. The third-order valence-electron chi connectivity index (χ3n) is 1.69. The van der Waals surface area contributed by atoms with E-state index in [0.29, 0.717) is 0 Å². The molecule has 50 valence electrons. The molecule has 0 fully saturated rings. The van der Waals surface area contributed by atoms with Gasteiger partial charge >= 0.3 is 0 Å². The Bertz CT molecular complexity index is 147. The summed E-state index contributed by atoms with van der Waals surface area (Å²) in [6.07, 6.45) is 9.08. The van der Waals surface area contributed by atoms with Gasteiger partial charge < -0.3 is 5.11 Å². The van der Waals surface area contributed by atoms with Gasteiger partial charge in [0.25, 0.3) is 0 Å². The summed E-state index contributed by atoms with van der Waals surface area (Å²) < 4.78 is 0. The smallest absolute Gasteiger partial charge is 0.0522 e. The van der Waals surface area contributed by atoms with Crippen LogP contribution in [0.15, 0.2) is 24.3 Å². The fourth-order valence-corrected chi connectivity index (χ4v) is 0.889. The zero-order chi connectivity index (χ0) is 6.74. The summed E-state index contributed by atoms with van der Waals surface area (Å²) in [5.41, 5.74) is 0.00868. The second kappa shape index (κ2) is 2.36. The highest BCUT2D eigenvalue weighted by Crippen LogP contribution is 2.25. The summed E-state index contributed by atoms with van der Waals surface area (Å²) in [5, 5.41) is 8.87. The van der Waals surface area contributed by atoms with Crippen LogP contribution in [0.5, 0.6) is 0 Å². The molecule has 1 rings (SSSR count). The van der Waals surface area contributed by atoms with Crippen molar-refractivity contribution < 1.29 is 5.11 Å². The zero-order valence-corrected chi connectivity index (χ0v) is 5.67. The molecule has 1 aliphatic rings. The summed E-state index contributed by atoms with van der Waals surface area (Å²) in [6, 6.07) is 0. The average Bonchev–Trinajstić information content (AvgIpc) is 1.90. The van der Waals surface area contributed by atoms with Crippen LogP contribution in [0.1, 0.15) is 13.3 Å². The topological polar surface area (TPSA) is 20.2 Å². The third-order valence-corrected chi connectivity index (χ3v) is 1.69. The van der Waals surface area contributed by atoms with Crippen LogP contribution in [0.3, 0.4) is 0 Å². The van der Waals surface area contributed by atoms with Gasteiger partial charge in [-0.25, -0.2) is 0 Å². The van der Waals surface area contributed by atoms with Gasteiger partial charge in [0.2, 0.25) is 0 Å². The third kappa shape index (κ3) is 1.42. The van der Waals surface area contributed by atoms with Crippen molar-refractivity contribution in [3.63, 3.8) is 0 Å². The second-order valence-corrected chi connectivity index (χ2v) is 2.80. The first-order valence-electron chi connectivity index (χ1n) is 3.22. The molecule has 0 bridgehead atoms. The molecule has 1 aliphatic carbocycles. The molecule has 1 heteroatoms.